The van der Waals surface area contributed by atoms with Crippen LogP contribution in [0.2, 0.25) is 0 Å². The SMILES string of the molecule is C[C@H](OC(=O)c1cc(F)ccc1Br)C(=O)Nc1ccc(F)cc1. The molecule has 0 aliphatic rings. The number of hydrogen-bond acceptors (Lipinski definition) is 3. The van der Waals surface area contributed by atoms with Gasteiger partial charge in [-0.2, -0.15) is 0 Å². The Morgan fingerprint density at radius 2 is 1.70 bits per heavy atom. The number of carbonyl (C=O) groups is 2. The van der Waals surface area contributed by atoms with Crippen LogP contribution in [0, 0.1) is 11.6 Å². The second kappa shape index (κ2) is 7.32. The van der Waals surface area contributed by atoms with Gasteiger partial charge in [-0.05, 0) is 65.3 Å². The highest BCUT2D eigenvalue weighted by Gasteiger charge is 2.21. The van der Waals surface area contributed by atoms with Crippen molar-refractivity contribution in [2.45, 2.75) is 13.0 Å². The number of benzene rings is 2. The zero-order chi connectivity index (χ0) is 17.0. The van der Waals surface area contributed by atoms with Gasteiger partial charge >= 0.3 is 5.97 Å². The molecule has 0 heterocycles. The Balaban J connectivity index is 2.01. The van der Waals surface area contributed by atoms with Crippen LogP contribution in [-0.4, -0.2) is 18.0 Å². The number of amides is 1. The largest absolute Gasteiger partial charge is 0.449 e. The molecule has 0 radical (unpaired) electrons. The molecular weight excluding hydrogens is 372 g/mol. The number of halogens is 3. The number of ether oxygens (including phenoxy) is 1. The molecule has 0 saturated heterocycles. The fourth-order valence-electron chi connectivity index (χ4n) is 1.71. The van der Waals surface area contributed by atoms with Crippen molar-refractivity contribution in [3.8, 4) is 0 Å². The number of anilines is 1. The van der Waals surface area contributed by atoms with Crippen LogP contribution in [0.1, 0.15) is 17.3 Å². The summed E-state index contributed by atoms with van der Waals surface area (Å²) in [5.41, 5.74) is 0.345. The standard InChI is InChI=1S/C16H12BrF2NO3/c1-9(15(21)20-12-5-2-10(18)3-6-12)23-16(22)13-8-11(19)4-7-14(13)17/h2-9H,1H3,(H,20,21)/t9-/m0/s1. The van der Waals surface area contributed by atoms with Crippen molar-refractivity contribution in [3.05, 3.63) is 64.1 Å². The highest BCUT2D eigenvalue weighted by atomic mass is 79.9. The third-order valence-electron chi connectivity index (χ3n) is 2.91. The first-order valence-electron chi connectivity index (χ1n) is 6.59. The molecule has 0 aliphatic carbocycles. The highest BCUT2D eigenvalue weighted by Crippen LogP contribution is 2.19. The van der Waals surface area contributed by atoms with Crippen LogP contribution in [0.4, 0.5) is 14.5 Å². The number of carbonyl (C=O) groups excluding carboxylic acids is 2. The van der Waals surface area contributed by atoms with Crippen molar-refractivity contribution in [2.24, 2.45) is 0 Å². The van der Waals surface area contributed by atoms with Crippen molar-refractivity contribution in [1.29, 1.82) is 0 Å². The smallest absolute Gasteiger partial charge is 0.340 e. The molecule has 0 unspecified atom stereocenters. The molecule has 0 aromatic heterocycles. The summed E-state index contributed by atoms with van der Waals surface area (Å²) in [7, 11) is 0. The summed E-state index contributed by atoms with van der Waals surface area (Å²) in [6.07, 6.45) is -1.11. The van der Waals surface area contributed by atoms with Gasteiger partial charge in [0, 0.05) is 10.2 Å². The Kier molecular flexibility index (Phi) is 5.44. The molecule has 1 amide bonds. The summed E-state index contributed by atoms with van der Waals surface area (Å²) in [5, 5.41) is 2.48. The van der Waals surface area contributed by atoms with E-state index in [1.54, 1.807) is 0 Å². The first-order valence-corrected chi connectivity index (χ1v) is 7.38. The van der Waals surface area contributed by atoms with Gasteiger partial charge in [-0.1, -0.05) is 0 Å². The first kappa shape index (κ1) is 17.1. The van der Waals surface area contributed by atoms with E-state index in [-0.39, 0.29) is 5.56 Å². The molecule has 23 heavy (non-hydrogen) atoms. The molecule has 0 bridgehead atoms. The number of hydrogen-bond donors (Lipinski definition) is 1. The van der Waals surface area contributed by atoms with Gasteiger partial charge in [0.1, 0.15) is 11.6 Å². The maximum Gasteiger partial charge on any atom is 0.340 e. The molecule has 7 heteroatoms. The first-order chi connectivity index (χ1) is 10.9. The molecular formula is C16H12BrF2NO3. The van der Waals surface area contributed by atoms with Gasteiger partial charge in [-0.25, -0.2) is 13.6 Å². The molecule has 4 nitrogen and oxygen atoms in total. The highest BCUT2D eigenvalue weighted by molar-refractivity contribution is 9.10. The predicted octanol–water partition coefficient (Wildman–Crippen LogP) is 3.91. The molecule has 2 aromatic rings. The van der Waals surface area contributed by atoms with E-state index < -0.39 is 29.6 Å². The maximum atomic E-state index is 13.2. The maximum absolute atomic E-state index is 13.2. The van der Waals surface area contributed by atoms with Crippen molar-refractivity contribution < 1.29 is 23.1 Å². The topological polar surface area (TPSA) is 55.4 Å². The van der Waals surface area contributed by atoms with E-state index in [1.807, 2.05) is 0 Å². The van der Waals surface area contributed by atoms with Gasteiger partial charge in [0.25, 0.3) is 5.91 Å². The van der Waals surface area contributed by atoms with E-state index in [2.05, 4.69) is 21.2 Å². The van der Waals surface area contributed by atoms with E-state index in [0.29, 0.717) is 10.2 Å². The van der Waals surface area contributed by atoms with Crippen molar-refractivity contribution >= 4 is 33.5 Å². The van der Waals surface area contributed by atoms with E-state index in [0.717, 1.165) is 6.07 Å². The van der Waals surface area contributed by atoms with Crippen LogP contribution in [0.25, 0.3) is 0 Å². The summed E-state index contributed by atoms with van der Waals surface area (Å²) in [4.78, 5) is 23.9. The summed E-state index contributed by atoms with van der Waals surface area (Å²) in [6.45, 7) is 1.38. The van der Waals surface area contributed by atoms with Crippen LogP contribution in [0.3, 0.4) is 0 Å². The molecule has 2 aromatic carbocycles. The molecule has 0 saturated carbocycles. The molecule has 1 N–H and O–H groups in total. The fourth-order valence-corrected chi connectivity index (χ4v) is 2.12. The average molecular weight is 384 g/mol. The Labute approximate surface area is 139 Å². The van der Waals surface area contributed by atoms with E-state index in [4.69, 9.17) is 4.74 Å². The monoisotopic (exact) mass is 383 g/mol. The zero-order valence-electron chi connectivity index (χ0n) is 12.0. The van der Waals surface area contributed by atoms with E-state index in [9.17, 15) is 18.4 Å². The Morgan fingerprint density at radius 3 is 2.35 bits per heavy atom. The Hall–Kier alpha value is -2.28. The third kappa shape index (κ3) is 4.59. The second-order valence-electron chi connectivity index (χ2n) is 4.67. The molecule has 120 valence electrons. The molecule has 2 rings (SSSR count). The van der Waals surface area contributed by atoms with Gasteiger partial charge in [-0.15, -0.1) is 0 Å². The predicted molar refractivity (Wildman–Crippen MR) is 84.0 cm³/mol. The summed E-state index contributed by atoms with van der Waals surface area (Å²) in [6, 6.07) is 8.71. The number of nitrogens with one attached hydrogen (secondary N) is 1. The minimum Gasteiger partial charge on any atom is -0.449 e. The minimum absolute atomic E-state index is 0.0218. The summed E-state index contributed by atoms with van der Waals surface area (Å²) >= 11 is 3.11. The normalized spacial score (nSPS) is 11.7. The third-order valence-corrected chi connectivity index (χ3v) is 3.60. The van der Waals surface area contributed by atoms with Crippen molar-refractivity contribution in [3.63, 3.8) is 0 Å². The van der Waals surface area contributed by atoms with Crippen LogP contribution < -0.4 is 5.32 Å². The van der Waals surface area contributed by atoms with Crippen LogP contribution in [-0.2, 0) is 9.53 Å². The zero-order valence-corrected chi connectivity index (χ0v) is 13.6. The molecule has 0 aliphatic heterocycles. The molecule has 1 atom stereocenters. The fraction of sp³-hybridized carbons (Fsp3) is 0.125. The van der Waals surface area contributed by atoms with Gasteiger partial charge in [-0.3, -0.25) is 4.79 Å². The molecule has 0 fully saturated rings. The minimum atomic E-state index is -1.11. The Bertz CT molecular complexity index is 735. The average Bonchev–Trinajstić information content (AvgIpc) is 2.51. The molecule has 0 spiro atoms. The van der Waals surface area contributed by atoms with Crippen molar-refractivity contribution in [1.82, 2.24) is 0 Å². The lowest BCUT2D eigenvalue weighted by molar-refractivity contribution is -0.123. The van der Waals surface area contributed by atoms with Crippen LogP contribution >= 0.6 is 15.9 Å². The van der Waals surface area contributed by atoms with Gasteiger partial charge in [0.2, 0.25) is 0 Å². The van der Waals surface area contributed by atoms with Gasteiger partial charge < -0.3 is 10.1 Å². The number of esters is 1. The summed E-state index contributed by atoms with van der Waals surface area (Å²) in [5.74, 6) is -2.45. The van der Waals surface area contributed by atoms with E-state index >= 15 is 0 Å². The van der Waals surface area contributed by atoms with Crippen LogP contribution in [0.5, 0.6) is 0 Å². The quantitative estimate of drug-likeness (QED) is 0.814. The lowest BCUT2D eigenvalue weighted by Crippen LogP contribution is -2.30. The summed E-state index contributed by atoms with van der Waals surface area (Å²) < 4.78 is 31.3. The lowest BCUT2D eigenvalue weighted by Gasteiger charge is -2.14. The Morgan fingerprint density at radius 1 is 1.09 bits per heavy atom. The van der Waals surface area contributed by atoms with Gasteiger partial charge in [0.15, 0.2) is 6.10 Å². The van der Waals surface area contributed by atoms with Crippen LogP contribution in [0.15, 0.2) is 46.9 Å². The number of rotatable bonds is 4. The van der Waals surface area contributed by atoms with E-state index in [1.165, 1.54) is 43.3 Å². The van der Waals surface area contributed by atoms with Crippen molar-refractivity contribution in [2.75, 3.05) is 5.32 Å². The van der Waals surface area contributed by atoms with Gasteiger partial charge in [0.05, 0.1) is 5.56 Å². The lowest BCUT2D eigenvalue weighted by atomic mass is 10.2. The second-order valence-corrected chi connectivity index (χ2v) is 5.52.